The topological polar surface area (TPSA) is 100 Å². The van der Waals surface area contributed by atoms with Crippen LogP contribution in [0, 0.1) is 16.7 Å². The number of methoxy groups -OCH3 is 1. The molecule has 194 valence electrons. The van der Waals surface area contributed by atoms with Crippen LogP contribution in [-0.2, 0) is 20.4 Å². The van der Waals surface area contributed by atoms with E-state index in [4.69, 9.17) is 14.7 Å². The van der Waals surface area contributed by atoms with Gasteiger partial charge in [-0.05, 0) is 54.2 Å². The Morgan fingerprint density at radius 2 is 1.84 bits per heavy atom. The lowest BCUT2D eigenvalue weighted by Crippen LogP contribution is -2.41. The summed E-state index contributed by atoms with van der Waals surface area (Å²) < 4.78 is 50.4. The first-order chi connectivity index (χ1) is 17.6. The van der Waals surface area contributed by atoms with Gasteiger partial charge in [-0.25, -0.2) is 4.79 Å². The predicted octanol–water partition coefficient (Wildman–Crippen LogP) is 5.50. The minimum Gasteiger partial charge on any atom is -0.501 e. The van der Waals surface area contributed by atoms with Crippen LogP contribution in [0.4, 0.5) is 23.7 Å². The van der Waals surface area contributed by atoms with E-state index in [-0.39, 0.29) is 28.9 Å². The summed E-state index contributed by atoms with van der Waals surface area (Å²) in [6.45, 7) is 1.10. The minimum absolute atomic E-state index is 0.0528. The van der Waals surface area contributed by atoms with E-state index in [1.54, 1.807) is 24.3 Å². The monoisotopic (exact) mass is 513 g/mol. The Bertz CT molecular complexity index is 1240. The number of halogens is 3. The third kappa shape index (κ3) is 5.94. The zero-order valence-electron chi connectivity index (χ0n) is 20.2. The maximum atomic E-state index is 13.5. The Kier molecular flexibility index (Phi) is 7.55. The molecule has 1 unspecified atom stereocenters. The Hall–Kier alpha value is -3.84. The van der Waals surface area contributed by atoms with Crippen LogP contribution in [0.15, 0.2) is 59.9 Å². The molecule has 1 fully saturated rings. The first kappa shape index (κ1) is 26.2. The quantitative estimate of drug-likeness (QED) is 0.550. The second kappa shape index (κ2) is 10.6. The van der Waals surface area contributed by atoms with Crippen molar-refractivity contribution in [3.63, 3.8) is 0 Å². The van der Waals surface area contributed by atoms with Gasteiger partial charge in [0.15, 0.2) is 5.78 Å². The van der Waals surface area contributed by atoms with E-state index in [1.165, 1.54) is 19.2 Å². The molecule has 0 radical (unpaired) electrons. The van der Waals surface area contributed by atoms with Crippen molar-refractivity contribution in [2.45, 2.75) is 37.9 Å². The first-order valence-corrected chi connectivity index (χ1v) is 11.8. The summed E-state index contributed by atoms with van der Waals surface area (Å²) in [5.74, 6) is 0.269. The van der Waals surface area contributed by atoms with Gasteiger partial charge in [-0.3, -0.25) is 4.79 Å². The molecule has 2 amide bonds. The van der Waals surface area contributed by atoms with Crippen LogP contribution >= 0.6 is 0 Å². The van der Waals surface area contributed by atoms with Crippen molar-refractivity contribution in [2.75, 3.05) is 25.6 Å². The predicted molar refractivity (Wildman–Crippen MR) is 128 cm³/mol. The summed E-state index contributed by atoms with van der Waals surface area (Å²) in [7, 11) is 1.47. The van der Waals surface area contributed by atoms with Crippen molar-refractivity contribution in [1.29, 1.82) is 5.26 Å². The molecule has 2 aliphatic rings. The molecule has 0 saturated carbocycles. The third-order valence-electron chi connectivity index (χ3n) is 6.86. The molecule has 2 N–H and O–H groups in total. The summed E-state index contributed by atoms with van der Waals surface area (Å²) in [5, 5.41) is 14.3. The lowest BCUT2D eigenvalue weighted by molar-refractivity contribution is -0.137. The second-order valence-corrected chi connectivity index (χ2v) is 9.27. The number of hydrogen-bond donors (Lipinski definition) is 2. The number of alkyl halides is 3. The molecule has 0 bridgehead atoms. The number of amides is 2. The molecule has 2 aromatic rings. The maximum absolute atomic E-state index is 13.5. The van der Waals surface area contributed by atoms with Crippen LogP contribution in [0.3, 0.4) is 0 Å². The summed E-state index contributed by atoms with van der Waals surface area (Å²) in [6, 6.07) is 10.9. The van der Waals surface area contributed by atoms with E-state index >= 15 is 0 Å². The number of nitrogens with zero attached hydrogens (tertiary/aromatic N) is 1. The third-order valence-corrected chi connectivity index (χ3v) is 6.86. The first-order valence-electron chi connectivity index (χ1n) is 11.8. The maximum Gasteiger partial charge on any atom is 0.416 e. The number of allylic oxidation sites excluding steroid dienone is 1. The molecular weight excluding hydrogens is 487 g/mol. The zero-order valence-corrected chi connectivity index (χ0v) is 20.2. The fraction of sp³-hybridized carbons (Fsp3) is 0.370. The number of carbonyl (C=O) groups is 2. The van der Waals surface area contributed by atoms with Crippen molar-refractivity contribution >= 4 is 17.5 Å². The molecule has 0 aromatic heterocycles. The summed E-state index contributed by atoms with van der Waals surface area (Å²) in [6.07, 6.45) is -2.38. The lowest BCUT2D eigenvalue weighted by atomic mass is 9.67. The van der Waals surface area contributed by atoms with Gasteiger partial charge in [-0.1, -0.05) is 18.2 Å². The molecule has 1 spiro atoms. The SMILES string of the molecule is COC1=C(C(NC(=O)Nc2cccc(C(F)(F)F)c2)c2ccc(C#N)cc2)C(=O)CC2(CCOCC2)C1. The highest BCUT2D eigenvalue weighted by Gasteiger charge is 2.44. The van der Waals surface area contributed by atoms with Crippen molar-refractivity contribution in [3.8, 4) is 6.07 Å². The van der Waals surface area contributed by atoms with Crippen LogP contribution < -0.4 is 10.6 Å². The largest absolute Gasteiger partial charge is 0.501 e. The van der Waals surface area contributed by atoms with E-state index in [2.05, 4.69) is 10.6 Å². The van der Waals surface area contributed by atoms with E-state index < -0.39 is 23.8 Å². The van der Waals surface area contributed by atoms with Crippen LogP contribution in [0.5, 0.6) is 0 Å². The Balaban J connectivity index is 1.67. The number of rotatable bonds is 5. The number of carbonyl (C=O) groups excluding carboxylic acids is 2. The van der Waals surface area contributed by atoms with Gasteiger partial charge in [0.25, 0.3) is 0 Å². The number of nitrogens with one attached hydrogen (secondary N) is 2. The van der Waals surface area contributed by atoms with Crippen LogP contribution in [0.1, 0.15) is 48.4 Å². The number of Topliss-reactive ketones (excluding diaryl/α,β-unsaturated/α-hetero) is 1. The van der Waals surface area contributed by atoms with Gasteiger partial charge in [-0.15, -0.1) is 0 Å². The highest BCUT2D eigenvalue weighted by molar-refractivity contribution is 6.00. The summed E-state index contributed by atoms with van der Waals surface area (Å²) in [4.78, 5) is 26.5. The van der Waals surface area contributed by atoms with E-state index in [1.807, 2.05) is 6.07 Å². The number of benzene rings is 2. The second-order valence-electron chi connectivity index (χ2n) is 9.27. The summed E-state index contributed by atoms with van der Waals surface area (Å²) in [5.41, 5.74) is -0.0271. The number of hydrogen-bond acceptors (Lipinski definition) is 5. The fourth-order valence-corrected chi connectivity index (χ4v) is 4.90. The fourth-order valence-electron chi connectivity index (χ4n) is 4.90. The van der Waals surface area contributed by atoms with Crippen LogP contribution in [0.25, 0.3) is 0 Å². The van der Waals surface area contributed by atoms with Gasteiger partial charge >= 0.3 is 12.2 Å². The molecule has 10 heteroatoms. The Labute approximate surface area is 212 Å². The average molecular weight is 514 g/mol. The normalized spacial score (nSPS) is 18.2. The van der Waals surface area contributed by atoms with Gasteiger partial charge in [0, 0.05) is 31.7 Å². The van der Waals surface area contributed by atoms with E-state index in [0.717, 1.165) is 12.1 Å². The molecule has 4 rings (SSSR count). The van der Waals surface area contributed by atoms with Gasteiger partial charge < -0.3 is 20.1 Å². The number of urea groups is 1. The molecule has 2 aromatic carbocycles. The smallest absolute Gasteiger partial charge is 0.416 e. The Morgan fingerprint density at radius 3 is 2.46 bits per heavy atom. The lowest BCUT2D eigenvalue weighted by Gasteiger charge is -2.41. The standard InChI is InChI=1S/C27H26F3N3O4/c1-36-22-15-26(9-11-37-12-10-26)14-21(34)23(22)24(18-7-5-17(16-31)6-8-18)33-25(35)32-20-4-2-3-19(13-20)27(28,29)30/h2-8,13,24H,9-12,14-15H2,1H3,(H2,32,33,35). The van der Waals surface area contributed by atoms with Gasteiger partial charge in [0.05, 0.1) is 35.9 Å². The van der Waals surface area contributed by atoms with E-state index in [0.29, 0.717) is 49.4 Å². The van der Waals surface area contributed by atoms with Crippen molar-refractivity contribution in [2.24, 2.45) is 5.41 Å². The van der Waals surface area contributed by atoms with Gasteiger partial charge in [0.1, 0.15) is 5.76 Å². The number of ether oxygens (including phenoxy) is 2. The van der Waals surface area contributed by atoms with Crippen LogP contribution in [-0.4, -0.2) is 32.1 Å². The highest BCUT2D eigenvalue weighted by atomic mass is 19.4. The molecule has 1 saturated heterocycles. The molecule has 7 nitrogen and oxygen atoms in total. The number of ketones is 1. The molecule has 37 heavy (non-hydrogen) atoms. The van der Waals surface area contributed by atoms with E-state index in [9.17, 15) is 22.8 Å². The molecule has 1 aliphatic heterocycles. The number of anilines is 1. The highest BCUT2D eigenvalue weighted by Crippen LogP contribution is 2.47. The molecular formula is C27H26F3N3O4. The van der Waals surface area contributed by atoms with Crippen molar-refractivity contribution in [3.05, 3.63) is 76.6 Å². The van der Waals surface area contributed by atoms with Crippen LogP contribution in [0.2, 0.25) is 0 Å². The number of nitriles is 1. The van der Waals surface area contributed by atoms with Gasteiger partial charge in [0.2, 0.25) is 0 Å². The van der Waals surface area contributed by atoms with Gasteiger partial charge in [-0.2, -0.15) is 18.4 Å². The summed E-state index contributed by atoms with van der Waals surface area (Å²) >= 11 is 0. The Morgan fingerprint density at radius 1 is 1.14 bits per heavy atom. The van der Waals surface area contributed by atoms with Crippen molar-refractivity contribution < 1.29 is 32.2 Å². The molecule has 1 aliphatic carbocycles. The average Bonchev–Trinajstić information content (AvgIpc) is 2.87. The molecule has 1 heterocycles. The minimum atomic E-state index is -4.56. The molecule has 1 atom stereocenters. The zero-order chi connectivity index (χ0) is 26.6. The van der Waals surface area contributed by atoms with Crippen molar-refractivity contribution in [1.82, 2.24) is 5.32 Å².